The number of para-hydroxylation sites is 2. The molecule has 6 aromatic carbocycles. The topological polar surface area (TPSA) is 69.3 Å². The predicted octanol–water partition coefficient (Wildman–Crippen LogP) is 9.33. The van der Waals surface area contributed by atoms with Crippen molar-refractivity contribution in [1.82, 2.24) is 4.57 Å². The van der Waals surface area contributed by atoms with E-state index in [0.717, 1.165) is 22.5 Å². The summed E-state index contributed by atoms with van der Waals surface area (Å²) in [5.74, 6) is 0.511. The van der Waals surface area contributed by atoms with Gasteiger partial charge < -0.3 is 16.0 Å². The molecule has 0 amide bonds. The van der Waals surface area contributed by atoms with Crippen molar-refractivity contribution in [3.05, 3.63) is 157 Å². The molecule has 2 heterocycles. The van der Waals surface area contributed by atoms with Gasteiger partial charge >= 0.3 is 0 Å². The summed E-state index contributed by atoms with van der Waals surface area (Å²) in [5, 5.41) is 4.98. The Kier molecular flexibility index (Phi) is 7.17. The summed E-state index contributed by atoms with van der Waals surface area (Å²) < 4.78 is 4.81. The third kappa shape index (κ3) is 5.17. The van der Waals surface area contributed by atoms with Crippen molar-refractivity contribution in [1.29, 1.82) is 0 Å². The number of hydrogen-bond donors (Lipinski definition) is 2. The molecule has 2 aromatic heterocycles. The van der Waals surface area contributed by atoms with Gasteiger partial charge in [-0.1, -0.05) is 103 Å². The molecular weight excluding hydrogens is 545 g/mol. The Balaban J connectivity index is 0.000000328. The van der Waals surface area contributed by atoms with E-state index in [-0.39, 0.29) is 0 Å². The molecule has 0 unspecified atom stereocenters. The van der Waals surface area contributed by atoms with Crippen LogP contribution in [0.1, 0.15) is 11.1 Å². The molecule has 0 saturated carbocycles. The van der Waals surface area contributed by atoms with Crippen LogP contribution < -0.4 is 11.5 Å². The largest absolute Gasteiger partial charge is 0.383 e. The lowest BCUT2D eigenvalue weighted by Crippen LogP contribution is -2.12. The molecule has 0 atom stereocenters. The van der Waals surface area contributed by atoms with Gasteiger partial charge in [0.05, 0.1) is 16.7 Å². The minimum absolute atomic E-state index is 0.511. The van der Waals surface area contributed by atoms with Crippen molar-refractivity contribution in [2.45, 2.75) is 6.54 Å². The molecule has 0 fully saturated rings. The van der Waals surface area contributed by atoms with Crippen molar-refractivity contribution in [3.8, 4) is 5.69 Å². The summed E-state index contributed by atoms with van der Waals surface area (Å²) in [5.41, 5.74) is 18.3. The Morgan fingerprint density at radius 3 is 1.98 bits per heavy atom. The summed E-state index contributed by atoms with van der Waals surface area (Å²) >= 11 is 1.79. The Morgan fingerprint density at radius 1 is 0.581 bits per heavy atom. The van der Waals surface area contributed by atoms with Crippen LogP contribution in [0.25, 0.3) is 47.7 Å². The third-order valence-corrected chi connectivity index (χ3v) is 8.81. The summed E-state index contributed by atoms with van der Waals surface area (Å²) in [6.07, 6.45) is 0. The molecule has 208 valence electrons. The van der Waals surface area contributed by atoms with E-state index in [1.165, 1.54) is 42.0 Å². The Morgan fingerprint density at radius 2 is 1.21 bits per heavy atom. The van der Waals surface area contributed by atoms with Crippen LogP contribution >= 0.6 is 11.3 Å². The highest BCUT2D eigenvalue weighted by Crippen LogP contribution is 2.36. The van der Waals surface area contributed by atoms with Gasteiger partial charge in [0.1, 0.15) is 5.84 Å². The molecule has 0 bridgehead atoms. The molecule has 0 saturated heterocycles. The number of benzene rings is 6. The number of thiophene rings is 1. The number of aromatic nitrogens is 1. The third-order valence-electron chi connectivity index (χ3n) is 7.67. The normalized spacial score (nSPS) is 11.7. The van der Waals surface area contributed by atoms with E-state index in [4.69, 9.17) is 16.5 Å². The minimum Gasteiger partial charge on any atom is -0.383 e. The molecule has 4 nitrogen and oxygen atoms in total. The average molecular weight is 575 g/mol. The lowest BCUT2D eigenvalue weighted by molar-refractivity contribution is 1.07. The van der Waals surface area contributed by atoms with Gasteiger partial charge in [0.15, 0.2) is 0 Å². The maximum Gasteiger partial charge on any atom is 0.131 e. The SMILES string of the molecule is NC(=Nc1ccc2c(c1)sc1ccccc12)c1ccc2c3ccccc3n(-c3ccccc3)c2c1.NCc1ccccc1. The number of amidine groups is 1. The van der Waals surface area contributed by atoms with E-state index >= 15 is 0 Å². The van der Waals surface area contributed by atoms with Crippen LogP contribution in [0.4, 0.5) is 5.69 Å². The first-order valence-electron chi connectivity index (χ1n) is 14.3. The zero-order chi connectivity index (χ0) is 29.2. The lowest BCUT2D eigenvalue weighted by Gasteiger charge is -2.08. The molecule has 43 heavy (non-hydrogen) atoms. The lowest BCUT2D eigenvalue weighted by atomic mass is 10.1. The second kappa shape index (κ2) is 11.6. The van der Waals surface area contributed by atoms with Gasteiger partial charge in [0.25, 0.3) is 0 Å². The van der Waals surface area contributed by atoms with Crippen molar-refractivity contribution >= 4 is 64.8 Å². The zero-order valence-corrected chi connectivity index (χ0v) is 24.3. The number of aliphatic imine (C=N–C) groups is 1. The molecule has 0 aliphatic rings. The van der Waals surface area contributed by atoms with E-state index < -0.39 is 0 Å². The molecule has 8 rings (SSSR count). The van der Waals surface area contributed by atoms with Gasteiger partial charge in [-0.3, -0.25) is 0 Å². The summed E-state index contributed by atoms with van der Waals surface area (Å²) in [6, 6.07) is 50.2. The van der Waals surface area contributed by atoms with Gasteiger partial charge in [-0.05, 0) is 48.0 Å². The van der Waals surface area contributed by atoms with Crippen LogP contribution in [0, 0.1) is 0 Å². The molecule has 0 aliphatic carbocycles. The van der Waals surface area contributed by atoms with Crippen LogP contribution in [0.2, 0.25) is 0 Å². The maximum atomic E-state index is 6.56. The monoisotopic (exact) mass is 574 g/mol. The molecule has 0 spiro atoms. The van der Waals surface area contributed by atoms with Gasteiger partial charge in [0, 0.05) is 48.7 Å². The first kappa shape index (κ1) is 26.7. The molecule has 4 N–H and O–H groups in total. The van der Waals surface area contributed by atoms with Crippen LogP contribution in [0.5, 0.6) is 0 Å². The van der Waals surface area contributed by atoms with Crippen LogP contribution in [0.15, 0.2) is 151 Å². The first-order chi connectivity index (χ1) is 21.2. The maximum absolute atomic E-state index is 6.56. The fourth-order valence-electron chi connectivity index (χ4n) is 5.59. The highest BCUT2D eigenvalue weighted by atomic mass is 32.1. The van der Waals surface area contributed by atoms with Gasteiger partial charge in [-0.25, -0.2) is 4.99 Å². The Bertz CT molecular complexity index is 2230. The number of nitrogens with two attached hydrogens (primary N) is 2. The highest BCUT2D eigenvalue weighted by Gasteiger charge is 2.13. The Labute approximate surface area is 254 Å². The quantitative estimate of drug-likeness (QED) is 0.162. The summed E-state index contributed by atoms with van der Waals surface area (Å²) in [4.78, 5) is 4.80. The fourth-order valence-corrected chi connectivity index (χ4v) is 6.73. The van der Waals surface area contributed by atoms with E-state index in [0.29, 0.717) is 12.4 Å². The average Bonchev–Trinajstić information content (AvgIpc) is 3.60. The second-order valence-electron chi connectivity index (χ2n) is 10.4. The van der Waals surface area contributed by atoms with Gasteiger partial charge in [0.2, 0.25) is 0 Å². The highest BCUT2D eigenvalue weighted by molar-refractivity contribution is 7.25. The molecule has 8 aromatic rings. The van der Waals surface area contributed by atoms with Crippen LogP contribution in [0.3, 0.4) is 0 Å². The van der Waals surface area contributed by atoms with E-state index in [1.54, 1.807) is 11.3 Å². The van der Waals surface area contributed by atoms with E-state index in [2.05, 4.69) is 108 Å². The summed E-state index contributed by atoms with van der Waals surface area (Å²) in [6.45, 7) is 0.640. The smallest absolute Gasteiger partial charge is 0.131 e. The number of fused-ring (bicyclic) bond motifs is 6. The van der Waals surface area contributed by atoms with Crippen LogP contribution in [-0.4, -0.2) is 10.4 Å². The molecule has 0 radical (unpaired) electrons. The van der Waals surface area contributed by atoms with Crippen molar-refractivity contribution < 1.29 is 0 Å². The standard InChI is InChI=1S/C31H21N3S.C7H9N/c32-31(33-21-15-17-26-25-11-5-7-13-29(25)35-30(26)19-21)20-14-16-24-23-10-4-6-12-27(23)34(28(24)18-20)22-8-2-1-3-9-22;8-6-7-4-2-1-3-5-7/h1-19H,(H2,32,33);1-5H,6,8H2. The zero-order valence-electron chi connectivity index (χ0n) is 23.5. The summed E-state index contributed by atoms with van der Waals surface area (Å²) in [7, 11) is 0. The number of hydrogen-bond acceptors (Lipinski definition) is 3. The predicted molar refractivity (Wildman–Crippen MR) is 185 cm³/mol. The molecule has 5 heteroatoms. The fraction of sp³-hybridized carbons (Fsp3) is 0.0263. The van der Waals surface area contributed by atoms with Crippen molar-refractivity contribution in [3.63, 3.8) is 0 Å². The van der Waals surface area contributed by atoms with E-state index in [9.17, 15) is 0 Å². The van der Waals surface area contributed by atoms with Gasteiger partial charge in [-0.2, -0.15) is 0 Å². The Hall–Kier alpha value is -5.23. The number of rotatable bonds is 4. The minimum atomic E-state index is 0.511. The van der Waals surface area contributed by atoms with Crippen molar-refractivity contribution in [2.75, 3.05) is 0 Å². The molecule has 0 aliphatic heterocycles. The van der Waals surface area contributed by atoms with Crippen LogP contribution in [-0.2, 0) is 6.54 Å². The van der Waals surface area contributed by atoms with E-state index in [1.807, 2.05) is 42.5 Å². The van der Waals surface area contributed by atoms with Crippen molar-refractivity contribution in [2.24, 2.45) is 16.5 Å². The number of nitrogens with zero attached hydrogens (tertiary/aromatic N) is 2. The molecular formula is C38H30N4S. The second-order valence-corrected chi connectivity index (χ2v) is 11.5. The first-order valence-corrected chi connectivity index (χ1v) is 15.1. The van der Waals surface area contributed by atoms with Gasteiger partial charge in [-0.15, -0.1) is 11.3 Å².